The number of hydrogen-bond donors (Lipinski definition) is 1. The van der Waals surface area contributed by atoms with Crippen molar-refractivity contribution in [3.05, 3.63) is 101 Å². The fourth-order valence-corrected chi connectivity index (χ4v) is 4.71. The second kappa shape index (κ2) is 10.5. The Morgan fingerprint density at radius 1 is 1.15 bits per heavy atom. The van der Waals surface area contributed by atoms with E-state index in [0.29, 0.717) is 11.6 Å². The Kier molecular flexibility index (Phi) is 7.39. The first-order valence-corrected chi connectivity index (χ1v) is 11.7. The van der Waals surface area contributed by atoms with Gasteiger partial charge in [0.15, 0.2) is 0 Å². The molecular formula is C27H28ClFN4O. The van der Waals surface area contributed by atoms with E-state index in [9.17, 15) is 9.18 Å². The minimum atomic E-state index is -0.417. The van der Waals surface area contributed by atoms with Crippen molar-refractivity contribution in [2.45, 2.75) is 39.0 Å². The van der Waals surface area contributed by atoms with E-state index in [1.54, 1.807) is 19.2 Å². The van der Waals surface area contributed by atoms with Gasteiger partial charge in [0.25, 0.3) is 0 Å². The van der Waals surface area contributed by atoms with Crippen LogP contribution in [0.15, 0.2) is 77.9 Å². The Balaban J connectivity index is 1.71. The number of rotatable bonds is 6. The lowest BCUT2D eigenvalue weighted by Gasteiger charge is -2.38. The molecule has 7 heteroatoms. The first kappa shape index (κ1) is 24.0. The molecule has 0 bridgehead atoms. The number of halogens is 2. The molecule has 0 spiro atoms. The van der Waals surface area contributed by atoms with Crippen LogP contribution < -0.4 is 5.32 Å². The van der Waals surface area contributed by atoms with Crippen molar-refractivity contribution in [3.8, 4) is 0 Å². The minimum Gasteiger partial charge on any atom is -0.331 e. The van der Waals surface area contributed by atoms with Crippen molar-refractivity contribution in [2.75, 3.05) is 6.54 Å². The Hall–Kier alpha value is -3.09. The topological polar surface area (TPSA) is 57.6 Å². The molecule has 4 atom stereocenters. The second-order valence-corrected chi connectivity index (χ2v) is 9.02. The van der Waals surface area contributed by atoms with Crippen LogP contribution >= 0.6 is 11.6 Å². The van der Waals surface area contributed by atoms with Gasteiger partial charge in [-0.05, 0) is 42.3 Å². The monoisotopic (exact) mass is 478 g/mol. The van der Waals surface area contributed by atoms with Gasteiger partial charge in [-0.25, -0.2) is 4.39 Å². The number of carbonyl (C=O) groups is 1. The highest BCUT2D eigenvalue weighted by molar-refractivity contribution is 6.31. The van der Waals surface area contributed by atoms with Crippen LogP contribution in [0, 0.1) is 11.7 Å². The van der Waals surface area contributed by atoms with Gasteiger partial charge in [0.05, 0.1) is 18.3 Å². The summed E-state index contributed by atoms with van der Waals surface area (Å²) in [5, 5.41) is 3.88. The molecule has 2 aromatic carbocycles. The summed E-state index contributed by atoms with van der Waals surface area (Å²) >= 11 is 6.46. The van der Waals surface area contributed by atoms with E-state index in [0.717, 1.165) is 22.5 Å². The zero-order valence-electron chi connectivity index (χ0n) is 19.5. The normalized spacial score (nSPS) is 21.0. The Morgan fingerprint density at radius 3 is 2.53 bits per heavy atom. The molecule has 0 saturated carbocycles. The zero-order chi connectivity index (χ0) is 24.2. The molecule has 4 rings (SSSR count). The molecule has 1 aliphatic heterocycles. The summed E-state index contributed by atoms with van der Waals surface area (Å²) in [5.74, 6) is -0.505. The standard InChI is InChI=1S/C27H28ClFN4O/c1-17-25(16-33(19(3)34)18(2)20-9-5-4-6-10-20)31-27(24-11-7-8-14-30-24)32-26(17)22-13-12-21(29)15-23(22)28/h4-15,17-18,26-27,32H,16H2,1-3H3/t17?,18-,26?,27?/m0/s1. The van der Waals surface area contributed by atoms with Gasteiger partial charge < -0.3 is 4.90 Å². The maximum absolute atomic E-state index is 13.8. The van der Waals surface area contributed by atoms with E-state index in [1.807, 2.05) is 60.4 Å². The summed E-state index contributed by atoms with van der Waals surface area (Å²) in [4.78, 5) is 24.0. The summed E-state index contributed by atoms with van der Waals surface area (Å²) in [5.41, 5.74) is 3.46. The average molecular weight is 479 g/mol. The third kappa shape index (κ3) is 5.18. The average Bonchev–Trinajstić information content (AvgIpc) is 2.84. The number of aliphatic imine (C=N–C) groups is 1. The number of hydrogen-bond acceptors (Lipinski definition) is 4. The van der Waals surface area contributed by atoms with Crippen molar-refractivity contribution >= 4 is 23.2 Å². The first-order valence-electron chi connectivity index (χ1n) is 11.4. The highest BCUT2D eigenvalue weighted by Gasteiger charge is 2.35. The van der Waals surface area contributed by atoms with E-state index >= 15 is 0 Å². The van der Waals surface area contributed by atoms with Crippen molar-refractivity contribution in [2.24, 2.45) is 10.9 Å². The smallest absolute Gasteiger partial charge is 0.220 e. The minimum absolute atomic E-state index is 0.0319. The van der Waals surface area contributed by atoms with E-state index in [2.05, 4.69) is 17.2 Å². The molecular weight excluding hydrogens is 451 g/mol. The lowest BCUT2D eigenvalue weighted by Crippen LogP contribution is -2.45. The van der Waals surface area contributed by atoms with Crippen LogP contribution in [0.3, 0.4) is 0 Å². The molecule has 1 aromatic heterocycles. The second-order valence-electron chi connectivity index (χ2n) is 8.61. The zero-order valence-corrected chi connectivity index (χ0v) is 20.2. The number of nitrogens with zero attached hydrogens (tertiary/aromatic N) is 3. The van der Waals surface area contributed by atoms with Gasteiger partial charge in [-0.2, -0.15) is 0 Å². The fraction of sp³-hybridized carbons (Fsp3) is 0.296. The quantitative estimate of drug-likeness (QED) is 0.479. The number of amides is 1. The summed E-state index contributed by atoms with van der Waals surface area (Å²) in [7, 11) is 0. The van der Waals surface area contributed by atoms with Crippen LogP contribution in [-0.4, -0.2) is 28.0 Å². The largest absolute Gasteiger partial charge is 0.331 e. The maximum Gasteiger partial charge on any atom is 0.220 e. The van der Waals surface area contributed by atoms with Gasteiger partial charge in [-0.1, -0.05) is 61.0 Å². The van der Waals surface area contributed by atoms with Crippen molar-refractivity contribution in [1.82, 2.24) is 15.2 Å². The lowest BCUT2D eigenvalue weighted by molar-refractivity contribution is -0.130. The highest BCUT2D eigenvalue weighted by atomic mass is 35.5. The molecule has 2 heterocycles. The Bertz CT molecular complexity index is 1170. The molecule has 1 amide bonds. The van der Waals surface area contributed by atoms with Gasteiger partial charge in [0.2, 0.25) is 5.91 Å². The van der Waals surface area contributed by atoms with E-state index in [4.69, 9.17) is 16.6 Å². The van der Waals surface area contributed by atoms with Gasteiger partial charge in [0, 0.05) is 35.8 Å². The van der Waals surface area contributed by atoms with Crippen LogP contribution in [0.25, 0.3) is 0 Å². The summed E-state index contributed by atoms with van der Waals surface area (Å²) in [6, 6.07) is 19.7. The summed E-state index contributed by atoms with van der Waals surface area (Å²) in [6.07, 6.45) is 1.31. The number of carbonyl (C=O) groups excluding carboxylic acids is 1. The Morgan fingerprint density at radius 2 is 1.88 bits per heavy atom. The SMILES string of the molecule is CC(=O)N(CC1=NC(c2ccccn2)NC(c2ccc(F)cc2Cl)C1C)[C@@H](C)c1ccccc1. The molecule has 176 valence electrons. The third-order valence-electron chi connectivity index (χ3n) is 6.41. The van der Waals surface area contributed by atoms with E-state index in [1.165, 1.54) is 12.1 Å². The van der Waals surface area contributed by atoms with Gasteiger partial charge in [-0.3, -0.25) is 20.1 Å². The van der Waals surface area contributed by atoms with Crippen molar-refractivity contribution in [3.63, 3.8) is 0 Å². The van der Waals surface area contributed by atoms with E-state index < -0.39 is 6.17 Å². The van der Waals surface area contributed by atoms with Crippen LogP contribution in [0.4, 0.5) is 4.39 Å². The number of aromatic nitrogens is 1. The summed E-state index contributed by atoms with van der Waals surface area (Å²) in [6.45, 7) is 6.02. The number of nitrogens with one attached hydrogen (secondary N) is 1. The van der Waals surface area contributed by atoms with Gasteiger partial charge in [-0.15, -0.1) is 0 Å². The van der Waals surface area contributed by atoms with Crippen LogP contribution in [-0.2, 0) is 4.79 Å². The predicted octanol–water partition coefficient (Wildman–Crippen LogP) is 5.90. The molecule has 1 N–H and O–H groups in total. The first-order chi connectivity index (χ1) is 16.3. The molecule has 0 saturated heterocycles. The molecule has 0 radical (unpaired) electrons. The maximum atomic E-state index is 13.8. The van der Waals surface area contributed by atoms with Gasteiger partial charge in [0.1, 0.15) is 12.0 Å². The van der Waals surface area contributed by atoms with Gasteiger partial charge >= 0.3 is 0 Å². The van der Waals surface area contributed by atoms with Crippen LogP contribution in [0.5, 0.6) is 0 Å². The molecule has 3 aromatic rings. The van der Waals surface area contributed by atoms with E-state index in [-0.39, 0.29) is 29.7 Å². The van der Waals surface area contributed by atoms with Crippen molar-refractivity contribution in [1.29, 1.82) is 0 Å². The number of pyridine rings is 1. The summed E-state index contributed by atoms with van der Waals surface area (Å²) < 4.78 is 13.8. The Labute approximate surface area is 204 Å². The molecule has 5 nitrogen and oxygen atoms in total. The molecule has 34 heavy (non-hydrogen) atoms. The van der Waals surface area contributed by atoms with Crippen LogP contribution in [0.2, 0.25) is 5.02 Å². The lowest BCUT2D eigenvalue weighted by atomic mass is 9.87. The molecule has 0 fully saturated rings. The number of benzene rings is 2. The van der Waals surface area contributed by atoms with Crippen molar-refractivity contribution < 1.29 is 9.18 Å². The predicted molar refractivity (Wildman–Crippen MR) is 133 cm³/mol. The fourth-order valence-electron chi connectivity index (χ4n) is 4.42. The molecule has 3 unspecified atom stereocenters. The molecule has 1 aliphatic rings. The molecule has 0 aliphatic carbocycles. The van der Waals surface area contributed by atoms with Crippen LogP contribution in [0.1, 0.15) is 55.8 Å². The highest BCUT2D eigenvalue weighted by Crippen LogP contribution is 2.36. The third-order valence-corrected chi connectivity index (χ3v) is 6.74.